The minimum atomic E-state index is -1.27. The Morgan fingerprint density at radius 3 is 2.57 bits per heavy atom. The fourth-order valence-electron chi connectivity index (χ4n) is 2.68. The maximum Gasteiger partial charge on any atom is 0.375 e. The molecule has 0 saturated heterocycles. The van der Waals surface area contributed by atoms with Gasteiger partial charge in [-0.1, -0.05) is 5.16 Å². The van der Waals surface area contributed by atoms with Crippen LogP contribution in [0.15, 0.2) is 53.3 Å². The van der Waals surface area contributed by atoms with E-state index < -0.39 is 18.0 Å². The van der Waals surface area contributed by atoms with Crippen molar-refractivity contribution in [1.29, 1.82) is 0 Å². The van der Waals surface area contributed by atoms with Crippen molar-refractivity contribution in [1.82, 2.24) is 15.5 Å². The molecule has 0 aliphatic carbocycles. The maximum atomic E-state index is 12.3. The van der Waals surface area contributed by atoms with Gasteiger partial charge in [-0.25, -0.2) is 9.59 Å². The SMILES string of the molecule is COc1ccc(-c2noc(C(=O)O)c2[C@@H](C)NC(=O)Nc2cccnc2)cc1. The quantitative estimate of drug-likeness (QED) is 0.597. The normalized spacial score (nSPS) is 11.5. The Morgan fingerprint density at radius 1 is 1.21 bits per heavy atom. The molecule has 2 amide bonds. The van der Waals surface area contributed by atoms with E-state index in [2.05, 4.69) is 20.8 Å². The average molecular weight is 382 g/mol. The monoisotopic (exact) mass is 382 g/mol. The topological polar surface area (TPSA) is 127 Å². The summed E-state index contributed by atoms with van der Waals surface area (Å²) in [6.07, 6.45) is 3.08. The number of pyridine rings is 1. The Bertz CT molecular complexity index is 970. The minimum absolute atomic E-state index is 0.263. The standard InChI is InChI=1S/C19H18N4O5/c1-11(21-19(26)22-13-4-3-9-20-10-13)15-16(23-28-17(15)18(24)25)12-5-7-14(27-2)8-6-12/h3-11H,1-2H3,(H,24,25)(H2,21,22,26)/t11-/m1/s1. The first-order chi connectivity index (χ1) is 13.5. The molecule has 2 heterocycles. The Hall–Kier alpha value is -3.88. The van der Waals surface area contributed by atoms with E-state index in [1.165, 1.54) is 6.20 Å². The van der Waals surface area contributed by atoms with Crippen LogP contribution >= 0.6 is 0 Å². The Labute approximate surface area is 160 Å². The molecule has 3 rings (SSSR count). The van der Waals surface area contributed by atoms with Gasteiger partial charge >= 0.3 is 12.0 Å². The van der Waals surface area contributed by atoms with Crippen LogP contribution in [-0.4, -0.2) is 34.4 Å². The van der Waals surface area contributed by atoms with Crippen LogP contribution in [0, 0.1) is 0 Å². The van der Waals surface area contributed by atoms with Gasteiger partial charge in [0.05, 0.1) is 30.6 Å². The van der Waals surface area contributed by atoms with Crippen LogP contribution in [0.25, 0.3) is 11.3 Å². The average Bonchev–Trinajstić information content (AvgIpc) is 3.14. The molecule has 28 heavy (non-hydrogen) atoms. The summed E-state index contributed by atoms with van der Waals surface area (Å²) in [6.45, 7) is 1.65. The molecule has 0 aliphatic heterocycles. The molecule has 144 valence electrons. The molecule has 0 radical (unpaired) electrons. The number of benzene rings is 1. The number of carboxylic acids is 1. The van der Waals surface area contributed by atoms with Gasteiger partial charge in [-0.3, -0.25) is 4.98 Å². The third kappa shape index (κ3) is 4.09. The number of amides is 2. The Kier molecular flexibility index (Phi) is 5.54. The van der Waals surface area contributed by atoms with Crippen LogP contribution in [0.4, 0.5) is 10.5 Å². The summed E-state index contributed by atoms with van der Waals surface area (Å²) in [4.78, 5) is 27.7. The number of hydrogen-bond donors (Lipinski definition) is 3. The van der Waals surface area contributed by atoms with Crippen molar-refractivity contribution in [2.45, 2.75) is 13.0 Å². The van der Waals surface area contributed by atoms with E-state index in [0.717, 1.165) is 0 Å². The van der Waals surface area contributed by atoms with Crippen molar-refractivity contribution in [2.24, 2.45) is 0 Å². The first kappa shape index (κ1) is 18.9. The fourth-order valence-corrected chi connectivity index (χ4v) is 2.68. The summed E-state index contributed by atoms with van der Waals surface area (Å²) in [5, 5.41) is 18.7. The third-order valence-electron chi connectivity index (χ3n) is 3.99. The fraction of sp³-hybridized carbons (Fsp3) is 0.158. The van der Waals surface area contributed by atoms with Gasteiger partial charge < -0.3 is 25.0 Å². The largest absolute Gasteiger partial charge is 0.497 e. The summed E-state index contributed by atoms with van der Waals surface area (Å²) < 4.78 is 10.2. The van der Waals surface area contributed by atoms with Crippen molar-refractivity contribution < 1.29 is 24.0 Å². The third-order valence-corrected chi connectivity index (χ3v) is 3.99. The molecule has 0 aliphatic rings. The second kappa shape index (κ2) is 8.21. The molecule has 3 aromatic rings. The number of nitrogens with zero attached hydrogens (tertiary/aromatic N) is 2. The molecule has 9 heteroatoms. The zero-order chi connectivity index (χ0) is 20.1. The Balaban J connectivity index is 1.87. The van der Waals surface area contributed by atoms with E-state index in [1.807, 2.05) is 0 Å². The smallest absolute Gasteiger partial charge is 0.375 e. The molecular formula is C19H18N4O5. The summed E-state index contributed by atoms with van der Waals surface area (Å²) in [5.41, 5.74) is 1.73. The predicted octanol–water partition coefficient (Wildman–Crippen LogP) is 3.33. The molecule has 1 atom stereocenters. The second-order valence-electron chi connectivity index (χ2n) is 5.87. The number of aromatic nitrogens is 2. The Morgan fingerprint density at radius 2 is 1.96 bits per heavy atom. The van der Waals surface area contributed by atoms with E-state index in [4.69, 9.17) is 9.26 Å². The molecule has 0 spiro atoms. The van der Waals surface area contributed by atoms with Gasteiger partial charge in [-0.15, -0.1) is 0 Å². The van der Waals surface area contributed by atoms with Gasteiger partial charge in [-0.2, -0.15) is 0 Å². The highest BCUT2D eigenvalue weighted by Crippen LogP contribution is 2.31. The first-order valence-electron chi connectivity index (χ1n) is 8.34. The number of carbonyl (C=O) groups excluding carboxylic acids is 1. The number of rotatable bonds is 6. The number of nitrogens with one attached hydrogen (secondary N) is 2. The minimum Gasteiger partial charge on any atom is -0.497 e. The van der Waals surface area contributed by atoms with Crippen LogP contribution in [0.1, 0.15) is 29.1 Å². The lowest BCUT2D eigenvalue weighted by Gasteiger charge is -2.15. The van der Waals surface area contributed by atoms with Gasteiger partial charge in [0.2, 0.25) is 5.76 Å². The van der Waals surface area contributed by atoms with Crippen molar-refractivity contribution in [2.75, 3.05) is 12.4 Å². The highest BCUT2D eigenvalue weighted by Gasteiger charge is 2.28. The van der Waals surface area contributed by atoms with Gasteiger partial charge in [-0.05, 0) is 43.3 Å². The molecule has 9 nitrogen and oxygen atoms in total. The number of carbonyl (C=O) groups is 2. The summed E-state index contributed by atoms with van der Waals surface area (Å²) >= 11 is 0. The number of hydrogen-bond acceptors (Lipinski definition) is 6. The number of anilines is 1. The second-order valence-corrected chi connectivity index (χ2v) is 5.87. The summed E-state index contributed by atoms with van der Waals surface area (Å²) in [7, 11) is 1.55. The number of aromatic carboxylic acids is 1. The first-order valence-corrected chi connectivity index (χ1v) is 8.34. The number of urea groups is 1. The molecule has 0 fully saturated rings. The van der Waals surface area contributed by atoms with Gasteiger partial charge in [0.15, 0.2) is 0 Å². The summed E-state index contributed by atoms with van der Waals surface area (Å²) in [5.74, 6) is -0.960. The van der Waals surface area contributed by atoms with Crippen molar-refractivity contribution in [3.63, 3.8) is 0 Å². The van der Waals surface area contributed by atoms with Crippen LogP contribution < -0.4 is 15.4 Å². The van der Waals surface area contributed by atoms with Crippen molar-refractivity contribution in [3.05, 3.63) is 60.1 Å². The molecule has 3 N–H and O–H groups in total. The highest BCUT2D eigenvalue weighted by atomic mass is 16.5. The molecular weight excluding hydrogens is 364 g/mol. The lowest BCUT2D eigenvalue weighted by Crippen LogP contribution is -2.32. The van der Waals surface area contributed by atoms with Crippen molar-refractivity contribution >= 4 is 17.7 Å². The number of ether oxygens (including phenoxy) is 1. The van der Waals surface area contributed by atoms with E-state index in [1.54, 1.807) is 56.6 Å². The lowest BCUT2D eigenvalue weighted by atomic mass is 10.0. The van der Waals surface area contributed by atoms with E-state index in [9.17, 15) is 14.7 Å². The number of methoxy groups -OCH3 is 1. The molecule has 0 bridgehead atoms. The number of carboxylic acid groups (broad SMARTS) is 1. The van der Waals surface area contributed by atoms with E-state index in [0.29, 0.717) is 22.7 Å². The van der Waals surface area contributed by atoms with Crippen molar-refractivity contribution in [3.8, 4) is 17.0 Å². The van der Waals surface area contributed by atoms with Crippen LogP contribution in [0.5, 0.6) is 5.75 Å². The zero-order valence-electron chi connectivity index (χ0n) is 15.2. The van der Waals surface area contributed by atoms with Gasteiger partial charge in [0.1, 0.15) is 11.4 Å². The van der Waals surface area contributed by atoms with Crippen LogP contribution in [0.2, 0.25) is 0 Å². The zero-order valence-corrected chi connectivity index (χ0v) is 15.2. The summed E-state index contributed by atoms with van der Waals surface area (Å²) in [6, 6.07) is 9.07. The molecule has 0 saturated carbocycles. The van der Waals surface area contributed by atoms with Gasteiger partial charge in [0.25, 0.3) is 0 Å². The highest BCUT2D eigenvalue weighted by molar-refractivity contribution is 5.91. The van der Waals surface area contributed by atoms with E-state index >= 15 is 0 Å². The molecule has 0 unspecified atom stereocenters. The maximum absolute atomic E-state index is 12.3. The van der Waals surface area contributed by atoms with Crippen LogP contribution in [0.3, 0.4) is 0 Å². The lowest BCUT2D eigenvalue weighted by molar-refractivity contribution is 0.0649. The van der Waals surface area contributed by atoms with Crippen LogP contribution in [-0.2, 0) is 0 Å². The predicted molar refractivity (Wildman–Crippen MR) is 100 cm³/mol. The van der Waals surface area contributed by atoms with E-state index in [-0.39, 0.29) is 11.3 Å². The molecule has 2 aromatic heterocycles. The van der Waals surface area contributed by atoms with Gasteiger partial charge in [0, 0.05) is 11.8 Å². The molecule has 1 aromatic carbocycles.